The molecule has 0 saturated carbocycles. The van der Waals surface area contributed by atoms with E-state index in [2.05, 4.69) is 52.8 Å². The van der Waals surface area contributed by atoms with E-state index in [0.29, 0.717) is 23.1 Å². The third-order valence-corrected chi connectivity index (χ3v) is 8.12. The van der Waals surface area contributed by atoms with Crippen LogP contribution in [0.15, 0.2) is 41.9 Å². The highest BCUT2D eigenvalue weighted by atomic mass is 16.1. The normalized spacial score (nSPS) is 18.9. The number of hydrogen-bond acceptors (Lipinski definition) is 9. The van der Waals surface area contributed by atoms with Gasteiger partial charge in [-0.15, -0.1) is 0 Å². The van der Waals surface area contributed by atoms with Gasteiger partial charge >= 0.3 is 0 Å². The molecule has 2 aliphatic heterocycles. The van der Waals surface area contributed by atoms with Crippen molar-refractivity contribution in [3.63, 3.8) is 0 Å². The van der Waals surface area contributed by atoms with Gasteiger partial charge in [-0.2, -0.15) is 5.10 Å². The third-order valence-electron chi connectivity index (χ3n) is 8.12. The third kappa shape index (κ3) is 4.19. The number of nitrogens with zero attached hydrogens (tertiary/aromatic N) is 9. The summed E-state index contributed by atoms with van der Waals surface area (Å²) in [4.78, 5) is 26.9. The number of amides is 1. The van der Waals surface area contributed by atoms with Crippen molar-refractivity contribution < 1.29 is 4.79 Å². The summed E-state index contributed by atoms with van der Waals surface area (Å²) in [6.45, 7) is 10.0. The van der Waals surface area contributed by atoms with E-state index in [4.69, 9.17) is 0 Å². The molecule has 0 aliphatic carbocycles. The zero-order valence-corrected chi connectivity index (χ0v) is 22.9. The summed E-state index contributed by atoms with van der Waals surface area (Å²) in [5.74, 6) is 1.99. The van der Waals surface area contributed by atoms with Crippen LogP contribution in [0, 0.1) is 5.92 Å². The summed E-state index contributed by atoms with van der Waals surface area (Å²) >= 11 is 0. The second-order valence-electron chi connectivity index (χ2n) is 10.9. The highest BCUT2D eigenvalue weighted by molar-refractivity contribution is 6.07. The van der Waals surface area contributed by atoms with Crippen LogP contribution >= 0.6 is 0 Å². The van der Waals surface area contributed by atoms with Crippen molar-refractivity contribution in [1.29, 1.82) is 0 Å². The summed E-state index contributed by atoms with van der Waals surface area (Å²) in [7, 11) is 1.85. The standard InChI is InChI=1S/C27H33N11O/c1-6-17-8-7-11-37(14-17)22-13-21(28-15-29-22)24-19-12-18(9-10-20(19)31-32-24)30-25(39)23-16(2)36(5)26-33-34-35-38(26)27(23,3)4/h9-10,12-13,15,17H,6-8,11,14H2,1-5H3,(H,30,39)(H,31,32)/t17-/m0/s1. The summed E-state index contributed by atoms with van der Waals surface area (Å²) in [6, 6.07) is 7.72. The van der Waals surface area contributed by atoms with Crippen molar-refractivity contribution in [2.24, 2.45) is 5.92 Å². The molecule has 1 atom stereocenters. The second-order valence-corrected chi connectivity index (χ2v) is 10.9. The van der Waals surface area contributed by atoms with Gasteiger partial charge in [0.1, 0.15) is 17.8 Å². The van der Waals surface area contributed by atoms with Crippen molar-refractivity contribution in [3.8, 4) is 11.4 Å². The van der Waals surface area contributed by atoms with Crippen LogP contribution in [0.5, 0.6) is 0 Å². The molecule has 0 spiro atoms. The van der Waals surface area contributed by atoms with Gasteiger partial charge in [0.05, 0.1) is 22.3 Å². The lowest BCUT2D eigenvalue weighted by molar-refractivity contribution is -0.113. The van der Waals surface area contributed by atoms with Crippen molar-refractivity contribution in [2.45, 2.75) is 52.5 Å². The van der Waals surface area contributed by atoms with Crippen LogP contribution in [0.3, 0.4) is 0 Å². The maximum atomic E-state index is 13.6. The Labute approximate surface area is 226 Å². The Bertz CT molecular complexity index is 1580. The molecule has 6 rings (SSSR count). The molecule has 0 unspecified atom stereocenters. The van der Waals surface area contributed by atoms with Crippen LogP contribution in [0.1, 0.15) is 47.0 Å². The Morgan fingerprint density at radius 2 is 2.08 bits per heavy atom. The molecule has 202 valence electrons. The van der Waals surface area contributed by atoms with Gasteiger partial charge in [-0.3, -0.25) is 9.89 Å². The molecule has 39 heavy (non-hydrogen) atoms. The number of tetrazole rings is 1. The number of carbonyl (C=O) groups excluding carboxylic acids is 1. The summed E-state index contributed by atoms with van der Waals surface area (Å²) in [5, 5.41) is 23.7. The first kappa shape index (κ1) is 25.0. The number of fused-ring (bicyclic) bond motifs is 2. The number of nitrogens with one attached hydrogen (secondary N) is 2. The van der Waals surface area contributed by atoms with Crippen molar-refractivity contribution in [3.05, 3.63) is 41.9 Å². The molecule has 2 N–H and O–H groups in total. The highest BCUT2D eigenvalue weighted by Gasteiger charge is 2.41. The summed E-state index contributed by atoms with van der Waals surface area (Å²) < 4.78 is 1.67. The van der Waals surface area contributed by atoms with Crippen LogP contribution in [0.25, 0.3) is 22.3 Å². The number of aromatic nitrogens is 8. The van der Waals surface area contributed by atoms with Gasteiger partial charge < -0.3 is 15.1 Å². The van der Waals surface area contributed by atoms with E-state index >= 15 is 0 Å². The Morgan fingerprint density at radius 1 is 1.23 bits per heavy atom. The molecular weight excluding hydrogens is 494 g/mol. The van der Waals surface area contributed by atoms with Gasteiger partial charge in [0, 0.05) is 43.0 Å². The minimum absolute atomic E-state index is 0.213. The summed E-state index contributed by atoms with van der Waals surface area (Å²) in [5.41, 5.74) is 3.64. The number of anilines is 3. The van der Waals surface area contributed by atoms with Crippen molar-refractivity contribution >= 4 is 34.3 Å². The van der Waals surface area contributed by atoms with Crippen molar-refractivity contribution in [2.75, 3.05) is 35.3 Å². The molecule has 1 aromatic carbocycles. The lowest BCUT2D eigenvalue weighted by Crippen LogP contribution is -2.44. The number of aromatic amines is 1. The van der Waals surface area contributed by atoms with Crippen LogP contribution < -0.4 is 15.1 Å². The quantitative estimate of drug-likeness (QED) is 0.398. The van der Waals surface area contributed by atoms with Crippen LogP contribution in [-0.4, -0.2) is 66.4 Å². The smallest absolute Gasteiger partial charge is 0.255 e. The van der Waals surface area contributed by atoms with E-state index in [1.54, 1.807) is 11.0 Å². The first-order valence-corrected chi connectivity index (χ1v) is 13.4. The zero-order chi connectivity index (χ0) is 27.3. The Balaban J connectivity index is 1.30. The molecule has 3 aromatic heterocycles. The highest BCUT2D eigenvalue weighted by Crippen LogP contribution is 2.37. The molecule has 1 saturated heterocycles. The molecule has 2 aliphatic rings. The van der Waals surface area contributed by atoms with E-state index < -0.39 is 5.54 Å². The number of allylic oxidation sites excluding steroid dienone is 1. The number of rotatable bonds is 5. The SMILES string of the molecule is CC[C@H]1CCCN(c2cc(-c3n[nH]c4ccc(NC(=O)C5=C(C)N(C)c6nnnn6C5(C)C)cc34)ncn2)C1. The number of H-pyrrole nitrogens is 1. The number of benzene rings is 1. The van der Waals surface area contributed by atoms with E-state index in [0.717, 1.165) is 46.9 Å². The van der Waals surface area contributed by atoms with E-state index in [1.165, 1.54) is 19.3 Å². The fourth-order valence-electron chi connectivity index (χ4n) is 5.80. The predicted octanol–water partition coefficient (Wildman–Crippen LogP) is 3.73. The minimum atomic E-state index is -0.729. The van der Waals surface area contributed by atoms with Crippen molar-refractivity contribution in [1.82, 2.24) is 40.4 Å². The predicted molar refractivity (Wildman–Crippen MR) is 149 cm³/mol. The van der Waals surface area contributed by atoms with Crippen LogP contribution in [0.2, 0.25) is 0 Å². The van der Waals surface area contributed by atoms with E-state index in [1.807, 2.05) is 57.0 Å². The molecule has 12 heteroatoms. The maximum absolute atomic E-state index is 13.6. The van der Waals surface area contributed by atoms with Crippen LogP contribution in [-0.2, 0) is 10.3 Å². The average Bonchev–Trinajstić information content (AvgIpc) is 3.60. The first-order chi connectivity index (χ1) is 18.8. The number of piperidine rings is 1. The molecule has 1 fully saturated rings. The van der Waals surface area contributed by atoms with Gasteiger partial charge in [0.2, 0.25) is 5.95 Å². The molecular formula is C27H33N11O. The van der Waals surface area contributed by atoms with E-state index in [9.17, 15) is 4.79 Å². The first-order valence-electron chi connectivity index (χ1n) is 13.4. The average molecular weight is 528 g/mol. The van der Waals surface area contributed by atoms with Crippen LogP contribution in [0.4, 0.5) is 17.5 Å². The Morgan fingerprint density at radius 3 is 2.90 bits per heavy atom. The lowest BCUT2D eigenvalue weighted by Gasteiger charge is -2.37. The monoisotopic (exact) mass is 527 g/mol. The zero-order valence-electron chi connectivity index (χ0n) is 22.9. The van der Waals surface area contributed by atoms with Gasteiger partial charge in [0.15, 0.2) is 0 Å². The van der Waals surface area contributed by atoms with E-state index in [-0.39, 0.29) is 5.91 Å². The Hall–Kier alpha value is -4.35. The lowest BCUT2D eigenvalue weighted by atomic mass is 9.89. The molecule has 0 radical (unpaired) electrons. The maximum Gasteiger partial charge on any atom is 0.255 e. The minimum Gasteiger partial charge on any atom is -0.356 e. The largest absolute Gasteiger partial charge is 0.356 e. The number of hydrogen-bond donors (Lipinski definition) is 2. The molecule has 4 aromatic rings. The summed E-state index contributed by atoms with van der Waals surface area (Å²) in [6.07, 6.45) is 5.22. The molecule has 0 bridgehead atoms. The molecule has 5 heterocycles. The van der Waals surface area contributed by atoms with Gasteiger partial charge in [-0.05, 0) is 68.2 Å². The fraction of sp³-hybridized carbons (Fsp3) is 0.444. The van der Waals surface area contributed by atoms with Gasteiger partial charge in [-0.25, -0.2) is 14.6 Å². The fourth-order valence-corrected chi connectivity index (χ4v) is 5.80. The van der Waals surface area contributed by atoms with Gasteiger partial charge in [0.25, 0.3) is 5.91 Å². The number of carbonyl (C=O) groups is 1. The molecule has 12 nitrogen and oxygen atoms in total. The topological polar surface area (TPSA) is 134 Å². The molecule has 1 amide bonds. The van der Waals surface area contributed by atoms with Gasteiger partial charge in [-0.1, -0.05) is 18.4 Å². The second kappa shape index (κ2) is 9.44. The Kier molecular flexibility index (Phi) is 6.04.